The maximum atomic E-state index is 12.4. The van der Waals surface area contributed by atoms with E-state index in [0.29, 0.717) is 31.0 Å². The number of likely N-dealkylation sites (N-methyl/N-ethyl adjacent to an activating group) is 1. The van der Waals surface area contributed by atoms with Gasteiger partial charge < -0.3 is 40.6 Å². The number of fused-ring (bicyclic) bond motifs is 1. The maximum Gasteiger partial charge on any atom is 0.328 e. The Morgan fingerprint density at radius 2 is 1.87 bits per heavy atom. The molecule has 1 amide bonds. The van der Waals surface area contributed by atoms with Gasteiger partial charge in [-0.05, 0) is 37.2 Å². The van der Waals surface area contributed by atoms with E-state index in [9.17, 15) is 24.6 Å². The van der Waals surface area contributed by atoms with Crippen molar-refractivity contribution in [2.45, 2.75) is 37.8 Å². The van der Waals surface area contributed by atoms with Gasteiger partial charge in [-0.25, -0.2) is 9.78 Å². The van der Waals surface area contributed by atoms with Crippen molar-refractivity contribution >= 4 is 40.9 Å². The first-order chi connectivity index (χ1) is 22.4. The van der Waals surface area contributed by atoms with E-state index in [0.717, 1.165) is 35.2 Å². The number of hydrogen-bond acceptors (Lipinski definition) is 10. The number of carboxylic acid groups (broad SMARTS) is 1. The van der Waals surface area contributed by atoms with Gasteiger partial charge in [0.2, 0.25) is 5.91 Å². The second-order valence-corrected chi connectivity index (χ2v) is 10.8. The molecule has 0 aliphatic carbocycles. The minimum Gasteiger partial charge on any atom is -0.480 e. The van der Waals surface area contributed by atoms with Crippen LogP contribution in [-0.4, -0.2) is 94.9 Å². The summed E-state index contributed by atoms with van der Waals surface area (Å²) in [7, 11) is 2.02. The standard InChI is InChI=1S/C25H32N6O5.C8H8O2/c1-31-13-17(10-16(31)11-27-22-8-4-5-9-26-22)36-15-23(33)28-12-21(25(34)35)30-24-19(14-32)18-6-2-3-7-20(18)29-24;9-7-10-6-8-4-2-1-3-5-8/h2-9,16-17,21,29-30,32H,10-15H2,1H3,(H,26,27)(H,28,33)(H,34,35);1-5,7H,6H2. The molecule has 1 fully saturated rings. The Bertz CT molecular complexity index is 1540. The van der Waals surface area contributed by atoms with Crippen molar-refractivity contribution in [3.05, 3.63) is 90.1 Å². The molecule has 2 aromatic heterocycles. The van der Waals surface area contributed by atoms with Crippen molar-refractivity contribution in [3.63, 3.8) is 0 Å². The highest BCUT2D eigenvalue weighted by molar-refractivity contribution is 5.90. The van der Waals surface area contributed by atoms with Gasteiger partial charge in [-0.2, -0.15) is 0 Å². The number of aromatic amines is 1. The molecule has 1 aliphatic rings. The number of anilines is 2. The van der Waals surface area contributed by atoms with E-state index >= 15 is 0 Å². The highest BCUT2D eigenvalue weighted by Crippen LogP contribution is 2.26. The van der Waals surface area contributed by atoms with Gasteiger partial charge in [0.1, 0.15) is 30.9 Å². The fourth-order valence-corrected chi connectivity index (χ4v) is 5.10. The van der Waals surface area contributed by atoms with Crippen LogP contribution in [0.2, 0.25) is 0 Å². The Hall–Kier alpha value is -4.98. The number of nitrogens with zero attached hydrogens (tertiary/aromatic N) is 2. The summed E-state index contributed by atoms with van der Waals surface area (Å²) in [5.41, 5.74) is 2.36. The van der Waals surface area contributed by atoms with Crippen LogP contribution in [-0.2, 0) is 37.1 Å². The van der Waals surface area contributed by atoms with Crippen LogP contribution in [0.3, 0.4) is 0 Å². The van der Waals surface area contributed by atoms with Gasteiger partial charge in [0.05, 0.1) is 12.7 Å². The molecular weight excluding hydrogens is 592 g/mol. The highest BCUT2D eigenvalue weighted by Gasteiger charge is 2.30. The Morgan fingerprint density at radius 3 is 2.59 bits per heavy atom. The fourth-order valence-electron chi connectivity index (χ4n) is 5.10. The van der Waals surface area contributed by atoms with Crippen molar-refractivity contribution in [3.8, 4) is 0 Å². The summed E-state index contributed by atoms with van der Waals surface area (Å²) in [6, 6.07) is 21.8. The van der Waals surface area contributed by atoms with Crippen LogP contribution < -0.4 is 16.0 Å². The van der Waals surface area contributed by atoms with Gasteiger partial charge in [0.15, 0.2) is 0 Å². The van der Waals surface area contributed by atoms with Crippen LogP contribution in [0.5, 0.6) is 0 Å². The Balaban J connectivity index is 0.000000409. The molecule has 0 saturated carbocycles. The van der Waals surface area contributed by atoms with Crippen LogP contribution in [0.15, 0.2) is 79.0 Å². The first kappa shape index (κ1) is 33.9. The topological polar surface area (TPSA) is 178 Å². The maximum absolute atomic E-state index is 12.4. The molecule has 3 unspecified atom stereocenters. The number of pyridine rings is 1. The van der Waals surface area contributed by atoms with Gasteiger partial charge in [-0.3, -0.25) is 14.5 Å². The van der Waals surface area contributed by atoms with Crippen LogP contribution in [0.4, 0.5) is 11.6 Å². The lowest BCUT2D eigenvalue weighted by molar-refractivity contribution is -0.138. The first-order valence-corrected chi connectivity index (χ1v) is 14.9. The third kappa shape index (κ3) is 10.0. The molecule has 0 radical (unpaired) electrons. The molecule has 0 spiro atoms. The number of hydrogen-bond donors (Lipinski definition) is 6. The summed E-state index contributed by atoms with van der Waals surface area (Å²) < 4.78 is 10.3. The minimum atomic E-state index is -1.13. The SMILES string of the molecule is CN1CC(OCC(=O)NCC(Nc2[nH]c3ccccc3c2CO)C(=O)O)CC1CNc1ccccn1.O=COCc1ccccc1. The van der Waals surface area contributed by atoms with Crippen molar-refractivity contribution in [2.24, 2.45) is 0 Å². The number of aliphatic carboxylic acids is 1. The number of carboxylic acids is 1. The van der Waals surface area contributed by atoms with E-state index in [-0.39, 0.29) is 37.8 Å². The molecule has 3 atom stereocenters. The zero-order valence-electron chi connectivity index (χ0n) is 25.6. The van der Waals surface area contributed by atoms with E-state index in [4.69, 9.17) is 4.74 Å². The van der Waals surface area contributed by atoms with Gasteiger partial charge in [-0.15, -0.1) is 0 Å². The molecule has 6 N–H and O–H groups in total. The lowest BCUT2D eigenvalue weighted by atomic mass is 10.1. The predicted molar refractivity (Wildman–Crippen MR) is 173 cm³/mol. The van der Waals surface area contributed by atoms with Crippen molar-refractivity contribution in [1.29, 1.82) is 0 Å². The molecule has 3 heterocycles. The smallest absolute Gasteiger partial charge is 0.328 e. The van der Waals surface area contributed by atoms with E-state index in [1.165, 1.54) is 0 Å². The number of likely N-dealkylation sites (tertiary alicyclic amines) is 1. The molecule has 46 heavy (non-hydrogen) atoms. The van der Waals surface area contributed by atoms with Crippen LogP contribution in [0, 0.1) is 0 Å². The number of H-pyrrole nitrogens is 1. The van der Waals surface area contributed by atoms with E-state index < -0.39 is 12.0 Å². The molecule has 1 saturated heterocycles. The first-order valence-electron chi connectivity index (χ1n) is 14.9. The zero-order chi connectivity index (χ0) is 32.7. The molecule has 13 heteroatoms. The number of aliphatic hydroxyl groups excluding tert-OH is 1. The van der Waals surface area contributed by atoms with Gasteiger partial charge >= 0.3 is 5.97 Å². The third-order valence-corrected chi connectivity index (χ3v) is 7.54. The molecule has 244 valence electrons. The number of nitrogens with one attached hydrogen (secondary N) is 4. The summed E-state index contributed by atoms with van der Waals surface area (Å²) in [4.78, 5) is 43.5. The van der Waals surface area contributed by atoms with E-state index in [1.54, 1.807) is 6.20 Å². The number of para-hydroxylation sites is 1. The number of aromatic nitrogens is 2. The number of ether oxygens (including phenoxy) is 2. The fraction of sp³-hybridized carbons (Fsp3) is 0.333. The van der Waals surface area contributed by atoms with Crippen LogP contribution >= 0.6 is 0 Å². The summed E-state index contributed by atoms with van der Waals surface area (Å²) in [6.45, 7) is 1.68. The monoisotopic (exact) mass is 632 g/mol. The number of amides is 1. The molecule has 0 bridgehead atoms. The Morgan fingerprint density at radius 1 is 1.11 bits per heavy atom. The average Bonchev–Trinajstić information content (AvgIpc) is 3.63. The van der Waals surface area contributed by atoms with Crippen molar-refractivity contribution < 1.29 is 34.1 Å². The lowest BCUT2D eigenvalue weighted by Gasteiger charge is -2.19. The number of benzene rings is 2. The minimum absolute atomic E-state index is 0.0943. The number of carbonyl (C=O) groups excluding carboxylic acids is 2. The van der Waals surface area contributed by atoms with Crippen LogP contribution in [0.1, 0.15) is 17.5 Å². The predicted octanol–water partition coefficient (Wildman–Crippen LogP) is 2.60. The molecule has 13 nitrogen and oxygen atoms in total. The Kier molecular flexibility index (Phi) is 12.9. The Labute approximate surface area is 266 Å². The molecule has 2 aromatic carbocycles. The summed E-state index contributed by atoms with van der Waals surface area (Å²) in [5, 5.41) is 29.1. The highest BCUT2D eigenvalue weighted by atomic mass is 16.5. The van der Waals surface area contributed by atoms with Crippen molar-refractivity contribution in [1.82, 2.24) is 20.2 Å². The second-order valence-electron chi connectivity index (χ2n) is 10.8. The third-order valence-electron chi connectivity index (χ3n) is 7.54. The molecule has 5 rings (SSSR count). The molecular formula is C33H40N6O7. The number of rotatable bonds is 15. The number of carbonyl (C=O) groups is 3. The van der Waals surface area contributed by atoms with Gasteiger partial charge in [-0.1, -0.05) is 54.6 Å². The number of aliphatic hydroxyl groups is 1. The molecule has 4 aromatic rings. The molecule has 1 aliphatic heterocycles. The largest absolute Gasteiger partial charge is 0.480 e. The summed E-state index contributed by atoms with van der Waals surface area (Å²) in [5.74, 6) is -0.287. The van der Waals surface area contributed by atoms with E-state index in [2.05, 4.69) is 35.6 Å². The van der Waals surface area contributed by atoms with Gasteiger partial charge in [0, 0.05) is 48.3 Å². The van der Waals surface area contributed by atoms with Gasteiger partial charge in [0.25, 0.3) is 6.47 Å². The zero-order valence-corrected chi connectivity index (χ0v) is 25.6. The van der Waals surface area contributed by atoms with Crippen molar-refractivity contribution in [2.75, 3.05) is 43.9 Å². The average molecular weight is 633 g/mol. The van der Waals surface area contributed by atoms with Crippen LogP contribution in [0.25, 0.3) is 10.9 Å². The summed E-state index contributed by atoms with van der Waals surface area (Å²) >= 11 is 0. The normalized spacial score (nSPS) is 16.6. The second kappa shape index (κ2) is 17.5. The quantitative estimate of drug-likeness (QED) is 0.106. The lowest BCUT2D eigenvalue weighted by Crippen LogP contribution is -2.43. The van der Waals surface area contributed by atoms with E-state index in [1.807, 2.05) is 79.8 Å². The summed E-state index contributed by atoms with van der Waals surface area (Å²) in [6.07, 6.45) is 2.41.